The average Bonchev–Trinajstić information content (AvgIpc) is 0.775. The van der Waals surface area contributed by atoms with E-state index in [-0.39, 0.29) is 86.3 Å². The summed E-state index contributed by atoms with van der Waals surface area (Å²) < 4.78 is 100. The van der Waals surface area contributed by atoms with Crippen molar-refractivity contribution in [2.24, 2.45) is 0 Å². The fourth-order valence-corrected chi connectivity index (χ4v) is 22.0. The molecule has 0 aliphatic carbocycles. The molecular formula is C70H110O46S8. The van der Waals surface area contributed by atoms with Crippen molar-refractivity contribution in [3.05, 3.63) is 0 Å². The third-order valence-electron chi connectivity index (χ3n) is 21.0. The van der Waals surface area contributed by atoms with Crippen molar-refractivity contribution in [2.45, 2.75) is 291 Å². The topological polar surface area (TPSA) is 732 Å². The van der Waals surface area contributed by atoms with Gasteiger partial charge in [0.05, 0.1) is 93.8 Å². The van der Waals surface area contributed by atoms with E-state index < -0.39 is 332 Å². The van der Waals surface area contributed by atoms with E-state index in [1.54, 1.807) is 6.26 Å². The Morgan fingerprint density at radius 1 is 0.185 bits per heavy atom. The second-order valence-corrected chi connectivity index (χ2v) is 38.9. The maximum absolute atomic E-state index is 12.3. The Bertz CT molecular complexity index is 3190. The van der Waals surface area contributed by atoms with Crippen LogP contribution in [0.4, 0.5) is 0 Å². The molecule has 0 aromatic carbocycles. The number of aliphatic hydroxyl groups excluding tert-OH is 16. The standard InChI is InChI=1S/C70H110O46S8/c1-117-16-24-55-39(85)47(93)63(101-24)110-56-25(17-118-9-2-32(71)72)103-65(49(95)41(56)87)112-58-27(19-120-11-4-34(75)76)105-67(51(97)43(58)89)114-60-29(21-122-13-6-36(79)80)107-69(53(99)45(60)91)116-62-31(23-124-15-8-38(83)84)108-70(54(100)46(62)92)115-61-30(22-123-14-7-37(81)82)106-68(52(98)44(61)90)113-59-28(20-121-12-5-35(77)78)104-66(50(96)42(59)88)111-57-26(18-119-10-3-33(73)74)102-64(109-55)48(94)40(57)86/h24-31,39-70,85-100H,2-23H2,1H3,(H,71,72)(H,73,74)(H,75,76)(H,77,78)(H,79,80)(H,81,82)(H,83,84)/t24-,25-,26-,27-,28-,29-,30-,31-,39-,40-,41-,42-,43-,44-,45-,46-,47-,48-,49-,50-,51-,52-,53-,54-,55-,56-,57-,58-,59-,60-,61-,62-,63-,64-,65-,66-,67-,68-,69-,70-/m1/s1. The third kappa shape index (κ3) is 28.9. The predicted molar refractivity (Wildman–Crippen MR) is 430 cm³/mol. The van der Waals surface area contributed by atoms with E-state index in [1.165, 1.54) is 0 Å². The lowest BCUT2D eigenvalue weighted by Crippen LogP contribution is -2.69. The van der Waals surface area contributed by atoms with Crippen LogP contribution in [0.25, 0.3) is 0 Å². The van der Waals surface area contributed by atoms with E-state index in [0.29, 0.717) is 0 Å². The van der Waals surface area contributed by atoms with Crippen LogP contribution in [0.3, 0.4) is 0 Å². The second-order valence-electron chi connectivity index (χ2n) is 30.0. The highest BCUT2D eigenvalue weighted by Gasteiger charge is 2.61. The summed E-state index contributed by atoms with van der Waals surface area (Å²) in [5.41, 5.74) is 0. The van der Waals surface area contributed by atoms with Gasteiger partial charge in [0.15, 0.2) is 50.3 Å². The van der Waals surface area contributed by atoms with Gasteiger partial charge >= 0.3 is 41.8 Å². The molecule has 0 radical (unpaired) electrons. The molecule has 54 heteroatoms. The van der Waals surface area contributed by atoms with Crippen molar-refractivity contribution in [2.75, 3.05) is 92.5 Å². The lowest BCUT2D eigenvalue weighted by Gasteiger charge is -2.51. The minimum Gasteiger partial charge on any atom is -0.481 e. The Balaban J connectivity index is 1.10. The molecule has 30 saturated heterocycles. The number of aliphatic carboxylic acids is 7. The van der Waals surface area contributed by atoms with E-state index in [1.807, 2.05) is 0 Å². The number of aliphatic hydroxyl groups is 16. The van der Waals surface area contributed by atoms with Gasteiger partial charge in [-0.15, -0.1) is 0 Å². The minimum atomic E-state index is -2.31. The summed E-state index contributed by atoms with van der Waals surface area (Å²) in [4.78, 5) is 82.3. The number of carboxylic acids is 7. The highest BCUT2D eigenvalue weighted by Crippen LogP contribution is 2.43. The largest absolute Gasteiger partial charge is 0.481 e. The molecule has 0 saturated carbocycles. The van der Waals surface area contributed by atoms with Crippen LogP contribution in [-0.4, -0.2) is 497 Å². The van der Waals surface area contributed by atoms with Crippen molar-refractivity contribution >= 4 is 136 Å². The summed E-state index contributed by atoms with van der Waals surface area (Å²) in [5.74, 6) is -12.2. The van der Waals surface area contributed by atoms with Crippen LogP contribution in [0.5, 0.6) is 0 Å². The minimum absolute atomic E-state index is 0.117. The van der Waals surface area contributed by atoms with Gasteiger partial charge in [-0.25, -0.2) is 0 Å². The predicted octanol–water partition coefficient (Wildman–Crippen LogP) is -7.53. The molecule has 714 valence electrons. The quantitative estimate of drug-likeness (QED) is 0.0257. The molecule has 16 bridgehead atoms. The molecule has 0 aromatic heterocycles. The van der Waals surface area contributed by atoms with Crippen molar-refractivity contribution < 1.29 is 227 Å². The van der Waals surface area contributed by atoms with Crippen molar-refractivity contribution in [3.8, 4) is 0 Å². The second kappa shape index (κ2) is 50.8. The van der Waals surface area contributed by atoms with Crippen LogP contribution < -0.4 is 0 Å². The smallest absolute Gasteiger partial charge is 0.304 e. The van der Waals surface area contributed by atoms with Gasteiger partial charge in [0.1, 0.15) is 146 Å². The fourth-order valence-electron chi connectivity index (χ4n) is 14.5. The summed E-state index contributed by atoms with van der Waals surface area (Å²) in [6.45, 7) is 0. The van der Waals surface area contributed by atoms with E-state index in [0.717, 1.165) is 94.1 Å². The van der Waals surface area contributed by atoms with Crippen LogP contribution in [0.2, 0.25) is 0 Å². The molecule has 0 unspecified atom stereocenters. The number of rotatable bonds is 37. The van der Waals surface area contributed by atoms with Crippen molar-refractivity contribution in [1.82, 2.24) is 0 Å². The zero-order valence-electron chi connectivity index (χ0n) is 66.1. The van der Waals surface area contributed by atoms with Crippen LogP contribution in [0, 0.1) is 0 Å². The summed E-state index contributed by atoms with van der Waals surface area (Å²) in [6, 6.07) is 0. The van der Waals surface area contributed by atoms with Gasteiger partial charge < -0.3 is 193 Å². The number of hydrogen-bond donors (Lipinski definition) is 23. The van der Waals surface area contributed by atoms with Crippen molar-refractivity contribution in [1.29, 1.82) is 0 Å². The molecule has 30 rings (SSSR count). The first-order chi connectivity index (χ1) is 58.9. The molecule has 0 spiro atoms. The Labute approximate surface area is 741 Å². The monoisotopic (exact) mass is 1940 g/mol. The molecule has 30 aliphatic heterocycles. The SMILES string of the molecule is CSC[C@H]1O[C@@H]2O[C@H]3[C@H](O)[C@@H](O)[C@@H](O[C@H]4[C@H](O)[C@@H](O)[C@@H](O[C@H]5[C@H](O)[C@@H](O)[C@@H](O[C@H]6[C@H](O)[C@@H](O)[C@@H](O[C@H]7[C@H](O)[C@@H](O)[C@@H](O[C@H]8[C@H](O)[C@@H](O)[C@@H](O[C@H]9[C@H](O)[C@@H](O)[C@@H](O[C@H]1[C@H](O)[C@H]2O)O[C@@H]9CSCCC(=O)O)O[C@@H]8CSCCC(=O)O)O[C@@H]7CSCCC(=O)O)O[C@@H]6CSCCC(=O)O)O[C@@H]5CSCCC(=O)O)O[C@@H]4CSCCC(=O)O)O[C@@H]3CSCCC(=O)O. The van der Waals surface area contributed by atoms with Crippen LogP contribution in [0.15, 0.2) is 0 Å². The van der Waals surface area contributed by atoms with Gasteiger partial charge in [0.25, 0.3) is 0 Å². The van der Waals surface area contributed by atoms with Gasteiger partial charge in [0, 0.05) is 86.3 Å². The van der Waals surface area contributed by atoms with Crippen LogP contribution >= 0.6 is 94.1 Å². The zero-order valence-corrected chi connectivity index (χ0v) is 72.6. The van der Waals surface area contributed by atoms with Crippen LogP contribution in [0.1, 0.15) is 44.9 Å². The highest BCUT2D eigenvalue weighted by molar-refractivity contribution is 8.00. The van der Waals surface area contributed by atoms with Gasteiger partial charge in [-0.1, -0.05) is 0 Å². The number of thioether (sulfide) groups is 8. The molecule has 40 atom stereocenters. The normalized spacial score (nSPS) is 42.5. The Kier molecular flexibility index (Phi) is 43.2. The van der Waals surface area contributed by atoms with Crippen molar-refractivity contribution in [3.63, 3.8) is 0 Å². The Morgan fingerprint density at radius 2 is 0.298 bits per heavy atom. The lowest BCUT2D eigenvalue weighted by molar-refractivity contribution is -0.396. The van der Waals surface area contributed by atoms with E-state index in [2.05, 4.69) is 0 Å². The maximum Gasteiger partial charge on any atom is 0.304 e. The summed E-state index contributed by atoms with van der Waals surface area (Å²) in [7, 11) is 0. The van der Waals surface area contributed by atoms with E-state index in [4.69, 9.17) is 75.8 Å². The molecular weight excluding hydrogens is 1830 g/mol. The van der Waals surface area contributed by atoms with Crippen LogP contribution in [-0.2, 0) is 109 Å². The van der Waals surface area contributed by atoms with E-state index >= 15 is 0 Å². The maximum atomic E-state index is 12.3. The molecule has 0 amide bonds. The lowest BCUT2D eigenvalue weighted by atomic mass is 9.95. The summed E-state index contributed by atoms with van der Waals surface area (Å²) in [5, 5.41) is 262. The fraction of sp³-hybridized carbons (Fsp3) is 0.900. The summed E-state index contributed by atoms with van der Waals surface area (Å²) in [6.07, 6.45) is -81.7. The molecule has 46 nitrogen and oxygen atoms in total. The number of ether oxygens (including phenoxy) is 16. The molecule has 30 heterocycles. The highest BCUT2D eigenvalue weighted by atomic mass is 32.2. The van der Waals surface area contributed by atoms with Gasteiger partial charge in [-0.2, -0.15) is 94.1 Å². The first-order valence-corrected chi connectivity index (χ1v) is 48.8. The Hall–Kier alpha value is -2.19. The average molecular weight is 1940 g/mol. The molecule has 30 aliphatic rings. The molecule has 0 aromatic rings. The molecule has 124 heavy (non-hydrogen) atoms. The number of hydrogen-bond acceptors (Lipinski definition) is 47. The Morgan fingerprint density at radius 3 is 0.403 bits per heavy atom. The van der Waals surface area contributed by atoms with Gasteiger partial charge in [-0.05, 0) is 6.26 Å². The number of carbonyl (C=O) groups is 7. The van der Waals surface area contributed by atoms with Gasteiger partial charge in [-0.3, -0.25) is 33.6 Å². The molecule has 23 N–H and O–H groups in total. The van der Waals surface area contributed by atoms with Gasteiger partial charge in [0.2, 0.25) is 0 Å². The molecule has 30 fully saturated rings. The van der Waals surface area contributed by atoms with E-state index in [9.17, 15) is 151 Å². The third-order valence-corrected chi connectivity index (χ3v) is 29.0. The number of carboxylic acid groups (broad SMARTS) is 7. The first kappa shape index (κ1) is 106. The summed E-state index contributed by atoms with van der Waals surface area (Å²) >= 11 is 7.40. The zero-order chi connectivity index (χ0) is 90.7. The first-order valence-electron chi connectivity index (χ1n) is 39.3.